The number of aromatic nitrogens is 2. The molecule has 2 N–H and O–H groups in total. The Kier molecular flexibility index (Phi) is 2.82. The van der Waals surface area contributed by atoms with E-state index in [1.807, 2.05) is 30.3 Å². The average Bonchev–Trinajstić information content (AvgIpc) is 3.17. The molecular weight excluding hydrogens is 266 g/mol. The summed E-state index contributed by atoms with van der Waals surface area (Å²) in [5.41, 5.74) is 6.99. The number of hydrogen-bond acceptors (Lipinski definition) is 5. The zero-order valence-electron chi connectivity index (χ0n) is 11.7. The van der Waals surface area contributed by atoms with Crippen molar-refractivity contribution < 1.29 is 8.94 Å². The van der Waals surface area contributed by atoms with E-state index >= 15 is 0 Å². The first-order valence-electron chi connectivity index (χ1n) is 7.32. The molecule has 0 spiro atoms. The van der Waals surface area contributed by atoms with Gasteiger partial charge in [-0.2, -0.15) is 4.98 Å². The fourth-order valence-corrected chi connectivity index (χ4v) is 3.08. The molecule has 4 rings (SSSR count). The smallest absolute Gasteiger partial charge is 0.238 e. The lowest BCUT2D eigenvalue weighted by atomic mass is 9.95. The van der Waals surface area contributed by atoms with Gasteiger partial charge in [-0.3, -0.25) is 0 Å². The van der Waals surface area contributed by atoms with Crippen LogP contribution in [-0.2, 0) is 6.42 Å². The number of furan rings is 1. The van der Waals surface area contributed by atoms with Crippen molar-refractivity contribution in [3.05, 3.63) is 36.2 Å². The third-order valence-electron chi connectivity index (χ3n) is 4.22. The van der Waals surface area contributed by atoms with Crippen molar-refractivity contribution in [1.29, 1.82) is 0 Å². The summed E-state index contributed by atoms with van der Waals surface area (Å²) in [5, 5.41) is 5.05. The third kappa shape index (κ3) is 2.34. The summed E-state index contributed by atoms with van der Waals surface area (Å²) in [7, 11) is 0. The van der Waals surface area contributed by atoms with Gasteiger partial charge in [-0.05, 0) is 25.0 Å². The van der Waals surface area contributed by atoms with Gasteiger partial charge in [0.1, 0.15) is 5.58 Å². The van der Waals surface area contributed by atoms with Crippen molar-refractivity contribution in [2.75, 3.05) is 0 Å². The largest absolute Gasteiger partial charge is 0.453 e. The highest BCUT2D eigenvalue weighted by Crippen LogP contribution is 2.31. The molecule has 5 heteroatoms. The summed E-state index contributed by atoms with van der Waals surface area (Å²) in [4.78, 5) is 4.43. The highest BCUT2D eigenvalue weighted by Gasteiger charge is 2.31. The number of benzene rings is 1. The maximum Gasteiger partial charge on any atom is 0.238 e. The van der Waals surface area contributed by atoms with E-state index in [-0.39, 0.29) is 5.54 Å². The maximum absolute atomic E-state index is 6.35. The number of fused-ring (bicyclic) bond motifs is 1. The first-order chi connectivity index (χ1) is 10.2. The molecule has 0 unspecified atom stereocenters. The second-order valence-electron chi connectivity index (χ2n) is 5.91. The van der Waals surface area contributed by atoms with E-state index in [0.29, 0.717) is 23.9 Å². The van der Waals surface area contributed by atoms with E-state index in [4.69, 9.17) is 14.7 Å². The van der Waals surface area contributed by atoms with E-state index in [1.54, 1.807) is 0 Å². The zero-order valence-corrected chi connectivity index (χ0v) is 11.7. The Hall–Kier alpha value is -2.14. The van der Waals surface area contributed by atoms with Gasteiger partial charge in [0, 0.05) is 17.3 Å². The second kappa shape index (κ2) is 4.70. The minimum absolute atomic E-state index is 0.183. The van der Waals surface area contributed by atoms with Crippen LogP contribution in [0, 0.1) is 0 Å². The van der Waals surface area contributed by atoms with E-state index in [2.05, 4.69) is 10.1 Å². The van der Waals surface area contributed by atoms with Gasteiger partial charge >= 0.3 is 0 Å². The van der Waals surface area contributed by atoms with Gasteiger partial charge in [0.05, 0.1) is 0 Å². The lowest BCUT2D eigenvalue weighted by Gasteiger charge is -2.20. The van der Waals surface area contributed by atoms with Gasteiger partial charge in [-0.15, -0.1) is 0 Å². The molecule has 0 atom stereocenters. The molecule has 0 bridgehead atoms. The van der Waals surface area contributed by atoms with E-state index in [1.165, 1.54) is 12.8 Å². The Morgan fingerprint density at radius 3 is 2.81 bits per heavy atom. The van der Waals surface area contributed by atoms with Gasteiger partial charge in [-0.1, -0.05) is 36.2 Å². The van der Waals surface area contributed by atoms with Gasteiger partial charge in [0.15, 0.2) is 5.76 Å². The minimum Gasteiger partial charge on any atom is -0.453 e. The fourth-order valence-electron chi connectivity index (χ4n) is 3.08. The Balaban J connectivity index is 1.61. The molecule has 2 heterocycles. The molecule has 2 aromatic heterocycles. The summed E-state index contributed by atoms with van der Waals surface area (Å²) in [6.45, 7) is 0. The Morgan fingerprint density at radius 1 is 1.19 bits per heavy atom. The SMILES string of the molecule is NC1(Cc2nc(-c3cc4ccccc4o3)no2)CCCC1. The van der Waals surface area contributed by atoms with Crippen LogP contribution in [-0.4, -0.2) is 15.7 Å². The lowest BCUT2D eigenvalue weighted by molar-refractivity contribution is 0.329. The predicted molar refractivity (Wildman–Crippen MR) is 78.6 cm³/mol. The third-order valence-corrected chi connectivity index (χ3v) is 4.22. The highest BCUT2D eigenvalue weighted by atomic mass is 16.5. The van der Waals surface area contributed by atoms with Crippen LogP contribution < -0.4 is 5.73 Å². The lowest BCUT2D eigenvalue weighted by Crippen LogP contribution is -2.38. The molecule has 0 amide bonds. The number of nitrogens with zero attached hydrogens (tertiary/aromatic N) is 2. The quantitative estimate of drug-likeness (QED) is 0.798. The standard InChI is InChI=1S/C16H17N3O2/c17-16(7-3-4-8-16)10-14-18-15(19-21-14)13-9-11-5-1-2-6-12(11)20-13/h1-2,5-6,9H,3-4,7-8,10,17H2. The van der Waals surface area contributed by atoms with Crippen LogP contribution in [0.3, 0.4) is 0 Å². The van der Waals surface area contributed by atoms with Gasteiger partial charge < -0.3 is 14.7 Å². The molecule has 5 nitrogen and oxygen atoms in total. The van der Waals surface area contributed by atoms with Crippen molar-refractivity contribution in [3.63, 3.8) is 0 Å². The summed E-state index contributed by atoms with van der Waals surface area (Å²) >= 11 is 0. The van der Waals surface area contributed by atoms with E-state index < -0.39 is 0 Å². The molecule has 0 radical (unpaired) electrons. The molecule has 1 fully saturated rings. The Labute approximate surface area is 122 Å². The zero-order chi connectivity index (χ0) is 14.3. The predicted octanol–water partition coefficient (Wildman–Crippen LogP) is 3.30. The molecular formula is C16H17N3O2. The monoisotopic (exact) mass is 283 g/mol. The minimum atomic E-state index is -0.183. The maximum atomic E-state index is 6.35. The number of nitrogens with two attached hydrogens (primary N) is 1. The molecule has 3 aromatic rings. The second-order valence-corrected chi connectivity index (χ2v) is 5.91. The molecule has 1 aliphatic rings. The highest BCUT2D eigenvalue weighted by molar-refractivity contribution is 5.81. The molecule has 1 aliphatic carbocycles. The van der Waals surface area contributed by atoms with E-state index in [0.717, 1.165) is 23.8 Å². The van der Waals surface area contributed by atoms with Gasteiger partial charge in [0.2, 0.25) is 11.7 Å². The van der Waals surface area contributed by atoms with Crippen LogP contribution in [0.2, 0.25) is 0 Å². The number of para-hydroxylation sites is 1. The molecule has 0 saturated heterocycles. The van der Waals surface area contributed by atoms with Crippen molar-refractivity contribution in [2.45, 2.75) is 37.6 Å². The van der Waals surface area contributed by atoms with Crippen molar-refractivity contribution in [1.82, 2.24) is 10.1 Å². The van der Waals surface area contributed by atoms with Crippen LogP contribution in [0.4, 0.5) is 0 Å². The number of hydrogen-bond donors (Lipinski definition) is 1. The average molecular weight is 283 g/mol. The summed E-state index contributed by atoms with van der Waals surface area (Å²) in [5.74, 6) is 1.71. The summed E-state index contributed by atoms with van der Waals surface area (Å²) in [6.07, 6.45) is 5.05. The van der Waals surface area contributed by atoms with Gasteiger partial charge in [-0.25, -0.2) is 0 Å². The summed E-state index contributed by atoms with van der Waals surface area (Å²) in [6, 6.07) is 9.76. The molecule has 0 aliphatic heterocycles. The fraction of sp³-hybridized carbons (Fsp3) is 0.375. The van der Waals surface area contributed by atoms with Crippen LogP contribution in [0.15, 0.2) is 39.3 Å². The first kappa shape index (κ1) is 12.6. The first-order valence-corrected chi connectivity index (χ1v) is 7.32. The van der Waals surface area contributed by atoms with Crippen molar-refractivity contribution >= 4 is 11.0 Å². The normalized spacial score (nSPS) is 17.6. The van der Waals surface area contributed by atoms with Crippen LogP contribution in [0.25, 0.3) is 22.6 Å². The molecule has 21 heavy (non-hydrogen) atoms. The summed E-state index contributed by atoms with van der Waals surface area (Å²) < 4.78 is 11.1. The van der Waals surface area contributed by atoms with Crippen LogP contribution >= 0.6 is 0 Å². The Morgan fingerprint density at radius 2 is 2.00 bits per heavy atom. The topological polar surface area (TPSA) is 78.1 Å². The molecule has 108 valence electrons. The molecule has 1 aromatic carbocycles. The number of rotatable bonds is 3. The van der Waals surface area contributed by atoms with Crippen LogP contribution in [0.5, 0.6) is 0 Å². The van der Waals surface area contributed by atoms with Crippen molar-refractivity contribution in [3.8, 4) is 11.6 Å². The Bertz CT molecular complexity index is 736. The van der Waals surface area contributed by atoms with Gasteiger partial charge in [0.25, 0.3) is 0 Å². The van der Waals surface area contributed by atoms with Crippen LogP contribution in [0.1, 0.15) is 31.6 Å². The van der Waals surface area contributed by atoms with E-state index in [9.17, 15) is 0 Å². The van der Waals surface area contributed by atoms with Crippen molar-refractivity contribution in [2.24, 2.45) is 5.73 Å². The molecule has 1 saturated carbocycles.